The normalized spacial score (nSPS) is 20.1. The number of nitrogens with zero attached hydrogens (tertiary/aromatic N) is 3. The molecule has 1 aromatic carbocycles. The van der Waals surface area contributed by atoms with Crippen LogP contribution >= 0.6 is 0 Å². The van der Waals surface area contributed by atoms with Crippen LogP contribution in [0.4, 0.5) is 0 Å². The Morgan fingerprint density at radius 3 is 2.77 bits per heavy atom. The van der Waals surface area contributed by atoms with Crippen LogP contribution < -0.4 is 4.74 Å². The third kappa shape index (κ3) is 3.07. The van der Waals surface area contributed by atoms with Crippen molar-refractivity contribution in [3.05, 3.63) is 58.8 Å². The summed E-state index contributed by atoms with van der Waals surface area (Å²) in [6.07, 6.45) is 3.07. The fourth-order valence-corrected chi connectivity index (χ4v) is 4.04. The second-order valence-corrected chi connectivity index (χ2v) is 7.19. The van der Waals surface area contributed by atoms with Gasteiger partial charge in [0.05, 0.1) is 13.2 Å². The number of piperazine rings is 1. The molecule has 0 radical (unpaired) electrons. The monoisotopic (exact) mass is 351 g/mol. The summed E-state index contributed by atoms with van der Waals surface area (Å²) in [6, 6.07) is 12.3. The largest absolute Gasteiger partial charge is 0.480 e. The summed E-state index contributed by atoms with van der Waals surface area (Å²) < 4.78 is 5.48. The summed E-state index contributed by atoms with van der Waals surface area (Å²) in [5.41, 5.74) is 4.04. The van der Waals surface area contributed by atoms with Gasteiger partial charge in [0, 0.05) is 25.3 Å². The molecule has 2 aromatic rings. The predicted octanol–water partition coefficient (Wildman–Crippen LogP) is 2.71. The highest BCUT2D eigenvalue weighted by Gasteiger charge is 2.33. The molecule has 5 nitrogen and oxygen atoms in total. The topological polar surface area (TPSA) is 45.7 Å². The highest BCUT2D eigenvalue weighted by molar-refractivity contribution is 5.97. The van der Waals surface area contributed by atoms with E-state index in [0.29, 0.717) is 18.0 Å². The lowest BCUT2D eigenvalue weighted by Gasteiger charge is -2.40. The van der Waals surface area contributed by atoms with E-state index < -0.39 is 0 Å². The number of aromatic nitrogens is 1. The Balaban J connectivity index is 1.70. The van der Waals surface area contributed by atoms with Crippen molar-refractivity contribution in [2.45, 2.75) is 25.3 Å². The third-order valence-corrected chi connectivity index (χ3v) is 5.47. The lowest BCUT2D eigenvalue weighted by atomic mass is 10.0. The molecule has 1 atom stereocenters. The molecule has 1 aliphatic carbocycles. The molecule has 1 aliphatic heterocycles. The average Bonchev–Trinajstić information content (AvgIpc) is 3.14. The van der Waals surface area contributed by atoms with Gasteiger partial charge in [0.15, 0.2) is 0 Å². The van der Waals surface area contributed by atoms with Crippen LogP contribution in [0.3, 0.4) is 0 Å². The van der Waals surface area contributed by atoms with Gasteiger partial charge < -0.3 is 14.5 Å². The number of hydrogen-bond donors (Lipinski definition) is 0. The van der Waals surface area contributed by atoms with Crippen LogP contribution in [0.1, 0.15) is 39.6 Å². The zero-order chi connectivity index (χ0) is 18.1. The molecule has 1 saturated heterocycles. The average molecular weight is 351 g/mol. The van der Waals surface area contributed by atoms with Crippen molar-refractivity contribution < 1.29 is 9.53 Å². The SMILES string of the molecule is COc1nc2c(cc1C(=O)N1CCN(C)C[C@H]1c1ccccc1)CCC2. The number of amides is 1. The highest BCUT2D eigenvalue weighted by Crippen LogP contribution is 2.31. The van der Waals surface area contributed by atoms with Gasteiger partial charge in [-0.15, -0.1) is 0 Å². The van der Waals surface area contributed by atoms with E-state index in [2.05, 4.69) is 29.1 Å². The van der Waals surface area contributed by atoms with E-state index in [0.717, 1.165) is 38.0 Å². The van der Waals surface area contributed by atoms with Gasteiger partial charge >= 0.3 is 0 Å². The Morgan fingerprint density at radius 2 is 2.00 bits per heavy atom. The first kappa shape index (κ1) is 17.0. The van der Waals surface area contributed by atoms with Gasteiger partial charge in [0.2, 0.25) is 5.88 Å². The number of likely N-dealkylation sites (N-methyl/N-ethyl adjacent to an activating group) is 1. The van der Waals surface area contributed by atoms with Crippen molar-refractivity contribution in [2.24, 2.45) is 0 Å². The van der Waals surface area contributed by atoms with Crippen molar-refractivity contribution in [1.82, 2.24) is 14.8 Å². The van der Waals surface area contributed by atoms with E-state index in [1.54, 1.807) is 7.11 Å². The molecule has 5 heteroatoms. The Morgan fingerprint density at radius 1 is 1.19 bits per heavy atom. The Bertz CT molecular complexity index is 806. The molecule has 0 bridgehead atoms. The van der Waals surface area contributed by atoms with Crippen LogP contribution in [0.25, 0.3) is 0 Å². The van der Waals surface area contributed by atoms with Crippen LogP contribution in [0, 0.1) is 0 Å². The molecule has 2 aliphatic rings. The molecule has 0 saturated carbocycles. The maximum Gasteiger partial charge on any atom is 0.259 e. The maximum absolute atomic E-state index is 13.5. The summed E-state index contributed by atoms with van der Waals surface area (Å²) in [4.78, 5) is 22.3. The fourth-order valence-electron chi connectivity index (χ4n) is 4.04. The zero-order valence-electron chi connectivity index (χ0n) is 15.4. The molecular weight excluding hydrogens is 326 g/mol. The van der Waals surface area contributed by atoms with E-state index in [4.69, 9.17) is 4.74 Å². The van der Waals surface area contributed by atoms with E-state index in [1.165, 1.54) is 11.1 Å². The van der Waals surface area contributed by atoms with Crippen molar-refractivity contribution >= 4 is 5.91 Å². The lowest BCUT2D eigenvalue weighted by Crippen LogP contribution is -2.49. The van der Waals surface area contributed by atoms with Crippen molar-refractivity contribution in [1.29, 1.82) is 0 Å². The number of aryl methyl sites for hydroxylation is 2. The van der Waals surface area contributed by atoms with Crippen LogP contribution in [0.5, 0.6) is 5.88 Å². The predicted molar refractivity (Wildman–Crippen MR) is 101 cm³/mol. The first-order valence-corrected chi connectivity index (χ1v) is 9.28. The van der Waals surface area contributed by atoms with Crippen LogP contribution in [0.15, 0.2) is 36.4 Å². The minimum Gasteiger partial charge on any atom is -0.480 e. The van der Waals surface area contributed by atoms with Gasteiger partial charge in [0.1, 0.15) is 5.56 Å². The first-order chi connectivity index (χ1) is 12.7. The standard InChI is InChI=1S/C21H25N3O2/c1-23-11-12-24(19(14-23)15-7-4-3-5-8-15)21(25)17-13-16-9-6-10-18(16)22-20(17)26-2/h3-5,7-8,13,19H,6,9-12,14H2,1-2H3/t19-/m0/s1. The van der Waals surface area contributed by atoms with E-state index in [1.807, 2.05) is 29.2 Å². The number of methoxy groups -OCH3 is 1. The van der Waals surface area contributed by atoms with E-state index in [9.17, 15) is 4.79 Å². The molecule has 2 heterocycles. The first-order valence-electron chi connectivity index (χ1n) is 9.28. The molecular formula is C21H25N3O2. The van der Waals surface area contributed by atoms with Gasteiger partial charge in [-0.25, -0.2) is 4.98 Å². The molecule has 4 rings (SSSR count). The second-order valence-electron chi connectivity index (χ2n) is 7.19. The fraction of sp³-hybridized carbons (Fsp3) is 0.429. The summed E-state index contributed by atoms with van der Waals surface area (Å²) in [6.45, 7) is 2.40. The van der Waals surface area contributed by atoms with E-state index in [-0.39, 0.29) is 11.9 Å². The number of rotatable bonds is 3. The second kappa shape index (κ2) is 7.08. The number of benzene rings is 1. The van der Waals surface area contributed by atoms with Gasteiger partial charge in [0.25, 0.3) is 5.91 Å². The lowest BCUT2D eigenvalue weighted by molar-refractivity contribution is 0.0494. The number of carbonyl (C=O) groups excluding carboxylic acids is 1. The van der Waals surface area contributed by atoms with Gasteiger partial charge in [-0.05, 0) is 43.5 Å². The van der Waals surface area contributed by atoms with Crippen molar-refractivity contribution in [3.63, 3.8) is 0 Å². The minimum atomic E-state index is 0.0194. The Labute approximate surface area is 154 Å². The van der Waals surface area contributed by atoms with Crippen LogP contribution in [-0.2, 0) is 12.8 Å². The molecule has 1 fully saturated rings. The molecule has 26 heavy (non-hydrogen) atoms. The maximum atomic E-state index is 13.5. The Kier molecular flexibility index (Phi) is 4.64. The minimum absolute atomic E-state index is 0.0194. The number of carbonyl (C=O) groups is 1. The van der Waals surface area contributed by atoms with E-state index >= 15 is 0 Å². The quantitative estimate of drug-likeness (QED) is 0.853. The third-order valence-electron chi connectivity index (χ3n) is 5.47. The smallest absolute Gasteiger partial charge is 0.259 e. The molecule has 0 unspecified atom stereocenters. The molecule has 136 valence electrons. The summed E-state index contributed by atoms with van der Waals surface area (Å²) in [5, 5.41) is 0. The van der Waals surface area contributed by atoms with Crippen LogP contribution in [-0.4, -0.2) is 54.5 Å². The number of pyridine rings is 1. The summed E-state index contributed by atoms with van der Waals surface area (Å²) in [5.74, 6) is 0.479. The number of fused-ring (bicyclic) bond motifs is 1. The Hall–Kier alpha value is -2.40. The molecule has 1 amide bonds. The van der Waals surface area contributed by atoms with Crippen molar-refractivity contribution in [2.75, 3.05) is 33.8 Å². The number of ether oxygens (including phenoxy) is 1. The summed E-state index contributed by atoms with van der Waals surface area (Å²) >= 11 is 0. The molecule has 1 aromatic heterocycles. The van der Waals surface area contributed by atoms with Gasteiger partial charge in [-0.1, -0.05) is 30.3 Å². The van der Waals surface area contributed by atoms with Gasteiger partial charge in [-0.2, -0.15) is 0 Å². The van der Waals surface area contributed by atoms with Crippen molar-refractivity contribution in [3.8, 4) is 5.88 Å². The molecule has 0 N–H and O–H groups in total. The molecule has 0 spiro atoms. The summed E-state index contributed by atoms with van der Waals surface area (Å²) in [7, 11) is 3.70. The number of hydrogen-bond acceptors (Lipinski definition) is 4. The zero-order valence-corrected chi connectivity index (χ0v) is 15.4. The van der Waals surface area contributed by atoms with Gasteiger partial charge in [-0.3, -0.25) is 4.79 Å². The highest BCUT2D eigenvalue weighted by atomic mass is 16.5. The van der Waals surface area contributed by atoms with Crippen LogP contribution in [0.2, 0.25) is 0 Å².